The van der Waals surface area contributed by atoms with E-state index in [1.54, 1.807) is 42.5 Å². The lowest BCUT2D eigenvalue weighted by atomic mass is 10.1. The lowest BCUT2D eigenvalue weighted by Crippen LogP contribution is -2.47. The zero-order valence-electron chi connectivity index (χ0n) is 15.3. The van der Waals surface area contributed by atoms with Crippen molar-refractivity contribution in [1.82, 2.24) is 4.90 Å². The minimum absolute atomic E-state index is 0.343. The minimum atomic E-state index is -0.863. The van der Waals surface area contributed by atoms with Crippen molar-refractivity contribution in [1.29, 1.82) is 0 Å². The van der Waals surface area contributed by atoms with Gasteiger partial charge in [-0.2, -0.15) is 0 Å². The van der Waals surface area contributed by atoms with E-state index in [0.29, 0.717) is 28.3 Å². The van der Waals surface area contributed by atoms with Crippen LogP contribution in [-0.2, 0) is 4.79 Å². The average molecular weight is 385 g/mol. The number of aryl methyl sites for hydroxylation is 1. The molecule has 0 spiro atoms. The fourth-order valence-corrected chi connectivity index (χ4v) is 3.34. The van der Waals surface area contributed by atoms with Gasteiger partial charge in [0.2, 0.25) is 5.91 Å². The minimum Gasteiger partial charge on any atom is -0.324 e. The number of halogens is 1. The summed E-state index contributed by atoms with van der Waals surface area (Å²) in [5.41, 5.74) is 2.12. The molecule has 1 aliphatic rings. The molecule has 1 aliphatic heterocycles. The zero-order valence-corrected chi connectivity index (χ0v) is 16.0. The van der Waals surface area contributed by atoms with Crippen LogP contribution in [0.3, 0.4) is 0 Å². The van der Waals surface area contributed by atoms with Crippen molar-refractivity contribution in [2.75, 3.05) is 5.32 Å². The van der Waals surface area contributed by atoms with Crippen molar-refractivity contribution in [2.45, 2.75) is 39.2 Å². The zero-order chi connectivity index (χ0) is 19.6. The van der Waals surface area contributed by atoms with Crippen LogP contribution in [0.5, 0.6) is 0 Å². The monoisotopic (exact) mass is 384 g/mol. The van der Waals surface area contributed by atoms with E-state index in [-0.39, 0.29) is 0 Å². The summed E-state index contributed by atoms with van der Waals surface area (Å²) in [7, 11) is 0. The van der Waals surface area contributed by atoms with Crippen LogP contribution in [0.4, 0.5) is 5.69 Å². The highest BCUT2D eigenvalue weighted by atomic mass is 35.5. The van der Waals surface area contributed by atoms with Crippen molar-refractivity contribution in [3.05, 3.63) is 64.2 Å². The maximum atomic E-state index is 12.9. The molecule has 1 heterocycles. The molecule has 6 heteroatoms. The number of hydrogen-bond acceptors (Lipinski definition) is 3. The molecule has 140 valence electrons. The third kappa shape index (κ3) is 3.74. The van der Waals surface area contributed by atoms with Crippen LogP contribution < -0.4 is 5.32 Å². The lowest BCUT2D eigenvalue weighted by Gasteiger charge is -2.25. The van der Waals surface area contributed by atoms with E-state index in [9.17, 15) is 14.4 Å². The molecular formula is C21H21ClN2O3. The molecule has 0 saturated carbocycles. The molecule has 27 heavy (non-hydrogen) atoms. The Labute approximate surface area is 163 Å². The predicted molar refractivity (Wildman–Crippen MR) is 105 cm³/mol. The van der Waals surface area contributed by atoms with Crippen molar-refractivity contribution in [3.8, 4) is 0 Å². The second-order valence-corrected chi connectivity index (χ2v) is 7.04. The van der Waals surface area contributed by atoms with E-state index in [0.717, 1.165) is 23.3 Å². The molecule has 0 fully saturated rings. The molecule has 0 bridgehead atoms. The first-order chi connectivity index (χ1) is 12.9. The van der Waals surface area contributed by atoms with Crippen molar-refractivity contribution in [2.24, 2.45) is 0 Å². The van der Waals surface area contributed by atoms with Crippen molar-refractivity contribution in [3.63, 3.8) is 0 Å². The molecule has 1 atom stereocenters. The molecule has 0 aliphatic carbocycles. The summed E-state index contributed by atoms with van der Waals surface area (Å²) in [6, 6.07) is 11.0. The van der Waals surface area contributed by atoms with Gasteiger partial charge < -0.3 is 5.32 Å². The number of benzene rings is 2. The number of nitrogens with one attached hydrogen (secondary N) is 1. The number of imide groups is 1. The fraction of sp³-hybridized carbons (Fsp3) is 0.286. The molecule has 2 aromatic rings. The summed E-state index contributed by atoms with van der Waals surface area (Å²) in [4.78, 5) is 39.6. The highest BCUT2D eigenvalue weighted by Crippen LogP contribution is 2.27. The van der Waals surface area contributed by atoms with Crippen LogP contribution in [0.2, 0.25) is 5.02 Å². The Bertz CT molecular complexity index is 875. The average Bonchev–Trinajstić information content (AvgIpc) is 2.90. The molecule has 5 nitrogen and oxygen atoms in total. The van der Waals surface area contributed by atoms with Crippen molar-refractivity contribution >= 4 is 35.0 Å². The van der Waals surface area contributed by atoms with Gasteiger partial charge in [-0.1, -0.05) is 49.6 Å². The third-order valence-electron chi connectivity index (χ3n) is 4.71. The molecule has 0 aromatic heterocycles. The Morgan fingerprint density at radius 1 is 1.11 bits per heavy atom. The van der Waals surface area contributed by atoms with E-state index < -0.39 is 23.8 Å². The number of anilines is 1. The molecule has 0 radical (unpaired) electrons. The number of carbonyl (C=O) groups is 3. The number of carbonyl (C=O) groups excluding carboxylic acids is 3. The molecule has 2 aromatic carbocycles. The molecule has 0 saturated heterocycles. The van der Waals surface area contributed by atoms with E-state index in [1.807, 2.05) is 13.8 Å². The van der Waals surface area contributed by atoms with E-state index >= 15 is 0 Å². The van der Waals surface area contributed by atoms with Crippen LogP contribution in [0.1, 0.15) is 52.5 Å². The van der Waals surface area contributed by atoms with Crippen LogP contribution in [0, 0.1) is 6.92 Å². The van der Waals surface area contributed by atoms with Crippen molar-refractivity contribution < 1.29 is 14.4 Å². The van der Waals surface area contributed by atoms with Gasteiger partial charge in [-0.25, -0.2) is 0 Å². The molecule has 3 rings (SSSR count). The van der Waals surface area contributed by atoms with Gasteiger partial charge in [0.25, 0.3) is 11.8 Å². The summed E-state index contributed by atoms with van der Waals surface area (Å²) >= 11 is 6.12. The van der Waals surface area contributed by atoms with Gasteiger partial charge in [-0.3, -0.25) is 19.3 Å². The number of unbranched alkanes of at least 4 members (excludes halogenated alkanes) is 1. The third-order valence-corrected chi connectivity index (χ3v) is 5.12. The predicted octanol–water partition coefficient (Wildman–Crippen LogP) is 4.44. The largest absolute Gasteiger partial charge is 0.324 e. The number of amides is 3. The number of rotatable bonds is 6. The Morgan fingerprint density at radius 2 is 1.74 bits per heavy atom. The standard InChI is InChI=1S/C21H21ClN2O3/c1-3-4-9-18(19(25)23-14-11-10-13(2)17(22)12-14)24-20(26)15-7-5-6-8-16(15)21(24)27/h5-8,10-12,18H,3-4,9H2,1-2H3,(H,23,25). The van der Waals surface area contributed by atoms with Gasteiger partial charge >= 0.3 is 0 Å². The number of hydrogen-bond donors (Lipinski definition) is 1. The van der Waals surface area contributed by atoms with Gasteiger partial charge in [-0.05, 0) is 43.2 Å². The van der Waals surface area contributed by atoms with Crippen LogP contribution in [0.25, 0.3) is 0 Å². The maximum Gasteiger partial charge on any atom is 0.262 e. The summed E-state index contributed by atoms with van der Waals surface area (Å²) in [5, 5.41) is 3.33. The van der Waals surface area contributed by atoms with Gasteiger partial charge in [-0.15, -0.1) is 0 Å². The van der Waals surface area contributed by atoms with Crippen LogP contribution >= 0.6 is 11.6 Å². The van der Waals surface area contributed by atoms with E-state index in [1.165, 1.54) is 0 Å². The second kappa shape index (κ2) is 7.92. The SMILES string of the molecule is CCCCC(C(=O)Nc1ccc(C)c(Cl)c1)N1C(=O)c2ccccc2C1=O. The highest BCUT2D eigenvalue weighted by Gasteiger charge is 2.42. The summed E-state index contributed by atoms with van der Waals surface area (Å²) in [6.07, 6.45) is 1.98. The molecule has 3 amide bonds. The summed E-state index contributed by atoms with van der Waals surface area (Å²) in [6.45, 7) is 3.87. The summed E-state index contributed by atoms with van der Waals surface area (Å²) < 4.78 is 0. The van der Waals surface area contributed by atoms with E-state index in [2.05, 4.69) is 5.32 Å². The highest BCUT2D eigenvalue weighted by molar-refractivity contribution is 6.31. The smallest absolute Gasteiger partial charge is 0.262 e. The Balaban J connectivity index is 1.87. The first kappa shape index (κ1) is 19.1. The Morgan fingerprint density at radius 3 is 2.30 bits per heavy atom. The van der Waals surface area contributed by atoms with Gasteiger partial charge in [0.15, 0.2) is 0 Å². The number of nitrogens with zero attached hydrogens (tertiary/aromatic N) is 1. The molecule has 1 unspecified atom stereocenters. The van der Waals surface area contributed by atoms with Crippen LogP contribution in [-0.4, -0.2) is 28.7 Å². The van der Waals surface area contributed by atoms with Gasteiger partial charge in [0.05, 0.1) is 11.1 Å². The Hall–Kier alpha value is -2.66. The lowest BCUT2D eigenvalue weighted by molar-refractivity contribution is -0.120. The topological polar surface area (TPSA) is 66.5 Å². The normalized spacial score (nSPS) is 14.3. The first-order valence-electron chi connectivity index (χ1n) is 8.98. The van der Waals surface area contributed by atoms with E-state index in [4.69, 9.17) is 11.6 Å². The molecular weight excluding hydrogens is 364 g/mol. The van der Waals surface area contributed by atoms with Crippen LogP contribution in [0.15, 0.2) is 42.5 Å². The molecule has 1 N–H and O–H groups in total. The van der Waals surface area contributed by atoms with Gasteiger partial charge in [0, 0.05) is 10.7 Å². The summed E-state index contributed by atoms with van der Waals surface area (Å²) in [5.74, 6) is -1.24. The maximum absolute atomic E-state index is 12.9. The fourth-order valence-electron chi connectivity index (χ4n) is 3.16. The first-order valence-corrected chi connectivity index (χ1v) is 9.35. The Kier molecular flexibility index (Phi) is 5.61. The number of fused-ring (bicyclic) bond motifs is 1. The quantitative estimate of drug-likeness (QED) is 0.748. The second-order valence-electron chi connectivity index (χ2n) is 6.64. The van der Waals surface area contributed by atoms with Gasteiger partial charge in [0.1, 0.15) is 6.04 Å².